The molecule has 1 aliphatic carbocycles. The fourth-order valence-corrected chi connectivity index (χ4v) is 4.58. The van der Waals surface area contributed by atoms with Gasteiger partial charge in [0.2, 0.25) is 0 Å². The highest BCUT2D eigenvalue weighted by Gasteiger charge is 2.38. The van der Waals surface area contributed by atoms with E-state index in [-0.39, 0.29) is 5.41 Å². The Hall–Kier alpha value is -1.56. The number of benzene rings is 2. The van der Waals surface area contributed by atoms with E-state index < -0.39 is 0 Å². The van der Waals surface area contributed by atoms with Crippen molar-refractivity contribution in [2.24, 2.45) is 5.92 Å². The molecule has 24 heavy (non-hydrogen) atoms. The van der Waals surface area contributed by atoms with Crippen LogP contribution in [0.5, 0.6) is 0 Å². The Labute approximate surface area is 148 Å². The van der Waals surface area contributed by atoms with Crippen molar-refractivity contribution in [3.05, 3.63) is 70.8 Å². The molecule has 1 fully saturated rings. The third-order valence-corrected chi connectivity index (χ3v) is 6.07. The van der Waals surface area contributed by atoms with Crippen LogP contribution in [-0.2, 0) is 5.41 Å². The predicted molar refractivity (Wildman–Crippen MR) is 105 cm³/mol. The molecule has 0 radical (unpaired) electrons. The van der Waals surface area contributed by atoms with Gasteiger partial charge in [0.15, 0.2) is 0 Å². The van der Waals surface area contributed by atoms with Crippen molar-refractivity contribution in [3.63, 3.8) is 0 Å². The van der Waals surface area contributed by atoms with Gasteiger partial charge in [0.25, 0.3) is 0 Å². The first-order valence-corrected chi connectivity index (χ1v) is 9.78. The lowest BCUT2D eigenvalue weighted by Gasteiger charge is -2.42. The molecule has 1 saturated carbocycles. The summed E-state index contributed by atoms with van der Waals surface area (Å²) in [5.74, 6) is 0.938. The average molecular weight is 321 g/mol. The summed E-state index contributed by atoms with van der Waals surface area (Å²) in [5.41, 5.74) is 6.05. The van der Waals surface area contributed by atoms with Crippen LogP contribution >= 0.6 is 0 Å². The summed E-state index contributed by atoms with van der Waals surface area (Å²) < 4.78 is 0. The molecule has 2 aromatic carbocycles. The molecule has 0 heteroatoms. The summed E-state index contributed by atoms with van der Waals surface area (Å²) in [5, 5.41) is 0. The molecule has 0 aromatic heterocycles. The van der Waals surface area contributed by atoms with E-state index in [9.17, 15) is 0 Å². The largest absolute Gasteiger partial charge is 0.0654 e. The zero-order valence-corrected chi connectivity index (χ0v) is 15.6. The van der Waals surface area contributed by atoms with Crippen molar-refractivity contribution < 1.29 is 0 Å². The van der Waals surface area contributed by atoms with Gasteiger partial charge in [0.05, 0.1) is 0 Å². The Morgan fingerprint density at radius 2 is 1.42 bits per heavy atom. The topological polar surface area (TPSA) is 0 Å². The Kier molecular flexibility index (Phi) is 5.43. The Morgan fingerprint density at radius 1 is 0.875 bits per heavy atom. The van der Waals surface area contributed by atoms with Crippen LogP contribution in [0.3, 0.4) is 0 Å². The zero-order valence-electron chi connectivity index (χ0n) is 15.6. The maximum absolute atomic E-state index is 2.43. The van der Waals surface area contributed by atoms with Crippen molar-refractivity contribution >= 4 is 0 Å². The number of aryl methyl sites for hydroxylation is 2. The molecular weight excluding hydrogens is 288 g/mol. The van der Waals surface area contributed by atoms with E-state index in [1.165, 1.54) is 67.2 Å². The van der Waals surface area contributed by atoms with E-state index in [4.69, 9.17) is 0 Å². The molecule has 0 saturated heterocycles. The van der Waals surface area contributed by atoms with Gasteiger partial charge >= 0.3 is 0 Å². The SMILES string of the molecule is CCCCC1CCC(c2cccc(C)c2)(c2cccc(C)c2)CC1. The highest BCUT2D eigenvalue weighted by molar-refractivity contribution is 5.42. The minimum absolute atomic E-state index is 0.223. The molecule has 128 valence electrons. The molecule has 0 heterocycles. The lowest BCUT2D eigenvalue weighted by Crippen LogP contribution is -2.33. The van der Waals surface area contributed by atoms with Crippen molar-refractivity contribution in [2.45, 2.75) is 71.1 Å². The molecule has 2 aromatic rings. The molecule has 0 N–H and O–H groups in total. The van der Waals surface area contributed by atoms with Crippen LogP contribution in [0, 0.1) is 19.8 Å². The number of rotatable bonds is 5. The number of hydrogen-bond acceptors (Lipinski definition) is 0. The lowest BCUT2D eigenvalue weighted by molar-refractivity contribution is 0.251. The molecule has 0 bridgehead atoms. The van der Waals surface area contributed by atoms with Crippen molar-refractivity contribution in [1.29, 1.82) is 0 Å². The summed E-state index contributed by atoms with van der Waals surface area (Å²) in [7, 11) is 0. The third kappa shape index (κ3) is 3.58. The number of hydrogen-bond donors (Lipinski definition) is 0. The van der Waals surface area contributed by atoms with Gasteiger partial charge in [-0.2, -0.15) is 0 Å². The van der Waals surface area contributed by atoms with Crippen LogP contribution in [0.25, 0.3) is 0 Å². The second-order valence-electron chi connectivity index (χ2n) is 7.91. The van der Waals surface area contributed by atoms with Gasteiger partial charge in [-0.05, 0) is 56.6 Å². The third-order valence-electron chi connectivity index (χ3n) is 6.07. The van der Waals surface area contributed by atoms with Gasteiger partial charge in [-0.25, -0.2) is 0 Å². The highest BCUT2D eigenvalue weighted by atomic mass is 14.4. The Bertz CT molecular complexity index is 612. The maximum Gasteiger partial charge on any atom is 0.0203 e. The average Bonchev–Trinajstić information content (AvgIpc) is 2.60. The molecule has 0 spiro atoms. The molecule has 3 rings (SSSR count). The first-order valence-electron chi connectivity index (χ1n) is 9.78. The second kappa shape index (κ2) is 7.55. The molecule has 0 aliphatic heterocycles. The van der Waals surface area contributed by atoms with Crippen LogP contribution in [0.1, 0.15) is 74.1 Å². The van der Waals surface area contributed by atoms with E-state index >= 15 is 0 Å². The van der Waals surface area contributed by atoms with Crippen LogP contribution < -0.4 is 0 Å². The minimum Gasteiger partial charge on any atom is -0.0654 e. The van der Waals surface area contributed by atoms with Crippen LogP contribution in [0.2, 0.25) is 0 Å². The second-order valence-corrected chi connectivity index (χ2v) is 7.91. The molecular formula is C24H32. The standard InChI is InChI=1S/C24H32/c1-4-5-10-21-13-15-24(16-14-21,22-11-6-8-19(2)17-22)23-12-7-9-20(3)18-23/h6-9,11-12,17-18,21H,4-5,10,13-16H2,1-3H3. The molecule has 1 aliphatic rings. The first-order chi connectivity index (χ1) is 11.6. The molecule has 0 nitrogen and oxygen atoms in total. The summed E-state index contributed by atoms with van der Waals surface area (Å²) in [6, 6.07) is 18.5. The summed E-state index contributed by atoms with van der Waals surface area (Å²) in [6.07, 6.45) is 9.50. The highest BCUT2D eigenvalue weighted by Crippen LogP contribution is 2.47. The van der Waals surface area contributed by atoms with Gasteiger partial charge in [0, 0.05) is 5.41 Å². The quantitative estimate of drug-likeness (QED) is 0.558. The predicted octanol–water partition coefficient (Wildman–Crippen LogP) is 6.97. The lowest BCUT2D eigenvalue weighted by atomic mass is 9.62. The van der Waals surface area contributed by atoms with Gasteiger partial charge in [-0.3, -0.25) is 0 Å². The molecule has 0 atom stereocenters. The van der Waals surface area contributed by atoms with Crippen molar-refractivity contribution in [3.8, 4) is 0 Å². The fraction of sp³-hybridized carbons (Fsp3) is 0.500. The van der Waals surface area contributed by atoms with E-state index in [0.717, 1.165) is 5.92 Å². The summed E-state index contributed by atoms with van der Waals surface area (Å²) in [6.45, 7) is 6.76. The van der Waals surface area contributed by atoms with E-state index in [2.05, 4.69) is 69.3 Å². The Balaban J connectivity index is 1.94. The molecule has 0 unspecified atom stereocenters. The zero-order chi connectivity index (χ0) is 17.0. The van der Waals surface area contributed by atoms with Crippen LogP contribution in [0.15, 0.2) is 48.5 Å². The smallest absolute Gasteiger partial charge is 0.0203 e. The van der Waals surface area contributed by atoms with Crippen LogP contribution in [0.4, 0.5) is 0 Å². The summed E-state index contributed by atoms with van der Waals surface area (Å²) in [4.78, 5) is 0. The maximum atomic E-state index is 2.43. The van der Waals surface area contributed by atoms with E-state index in [1.54, 1.807) is 0 Å². The van der Waals surface area contributed by atoms with Crippen LogP contribution in [-0.4, -0.2) is 0 Å². The normalized spacial score (nSPS) is 17.8. The van der Waals surface area contributed by atoms with E-state index in [0.29, 0.717) is 0 Å². The van der Waals surface area contributed by atoms with Gasteiger partial charge in [0.1, 0.15) is 0 Å². The minimum atomic E-state index is 0.223. The number of unbranched alkanes of at least 4 members (excludes halogenated alkanes) is 1. The van der Waals surface area contributed by atoms with Crippen molar-refractivity contribution in [1.82, 2.24) is 0 Å². The monoisotopic (exact) mass is 320 g/mol. The Morgan fingerprint density at radius 3 is 1.88 bits per heavy atom. The van der Waals surface area contributed by atoms with E-state index in [1.807, 2.05) is 0 Å². The first kappa shape index (κ1) is 17.3. The summed E-state index contributed by atoms with van der Waals surface area (Å²) >= 11 is 0. The van der Waals surface area contributed by atoms with Gasteiger partial charge in [-0.15, -0.1) is 0 Å². The van der Waals surface area contributed by atoms with Gasteiger partial charge < -0.3 is 0 Å². The van der Waals surface area contributed by atoms with Gasteiger partial charge in [-0.1, -0.05) is 85.8 Å². The molecule has 0 amide bonds. The van der Waals surface area contributed by atoms with Crippen molar-refractivity contribution in [2.75, 3.05) is 0 Å². The fourth-order valence-electron chi connectivity index (χ4n) is 4.58.